The zero-order chi connectivity index (χ0) is 13.4. The quantitative estimate of drug-likeness (QED) is 0.765. The molecule has 102 valence electrons. The zero-order valence-corrected chi connectivity index (χ0v) is 11.6. The van der Waals surface area contributed by atoms with E-state index in [-0.39, 0.29) is 5.82 Å². The number of aryl methyl sites for hydroxylation is 1. The topological polar surface area (TPSA) is 21.3 Å². The Balaban J connectivity index is 2.41. The van der Waals surface area contributed by atoms with Gasteiger partial charge in [0.05, 0.1) is 7.11 Å². The molecule has 0 heterocycles. The van der Waals surface area contributed by atoms with Crippen LogP contribution >= 0.6 is 0 Å². The second kappa shape index (κ2) is 8.09. The highest BCUT2D eigenvalue weighted by atomic mass is 19.1. The van der Waals surface area contributed by atoms with E-state index < -0.39 is 0 Å². The van der Waals surface area contributed by atoms with Crippen LogP contribution in [0.25, 0.3) is 0 Å². The van der Waals surface area contributed by atoms with E-state index in [2.05, 4.69) is 19.2 Å². The summed E-state index contributed by atoms with van der Waals surface area (Å²) in [5, 5.41) is 3.45. The van der Waals surface area contributed by atoms with Crippen molar-refractivity contribution in [2.24, 2.45) is 0 Å². The lowest BCUT2D eigenvalue weighted by molar-refractivity contribution is 0.386. The van der Waals surface area contributed by atoms with E-state index in [0.717, 1.165) is 37.8 Å². The van der Waals surface area contributed by atoms with Gasteiger partial charge in [-0.15, -0.1) is 0 Å². The molecule has 0 aliphatic heterocycles. The highest BCUT2D eigenvalue weighted by Crippen LogP contribution is 2.19. The Morgan fingerprint density at radius 2 is 2.11 bits per heavy atom. The average molecular weight is 253 g/mol. The molecule has 1 unspecified atom stereocenters. The van der Waals surface area contributed by atoms with Gasteiger partial charge in [-0.3, -0.25) is 0 Å². The molecule has 1 N–H and O–H groups in total. The van der Waals surface area contributed by atoms with Gasteiger partial charge in [0.25, 0.3) is 0 Å². The van der Waals surface area contributed by atoms with Crippen molar-refractivity contribution < 1.29 is 9.13 Å². The molecule has 3 heteroatoms. The highest BCUT2D eigenvalue weighted by molar-refractivity contribution is 5.29. The molecule has 0 aliphatic carbocycles. The van der Waals surface area contributed by atoms with Crippen LogP contribution in [0.15, 0.2) is 18.2 Å². The summed E-state index contributed by atoms with van der Waals surface area (Å²) in [6.45, 7) is 5.33. The number of methoxy groups -OCH3 is 1. The normalized spacial score (nSPS) is 12.4. The fraction of sp³-hybridized carbons (Fsp3) is 0.600. The van der Waals surface area contributed by atoms with E-state index in [1.807, 2.05) is 6.07 Å². The molecule has 0 spiro atoms. The molecule has 0 aromatic heterocycles. The third-order valence-corrected chi connectivity index (χ3v) is 3.22. The Labute approximate surface area is 110 Å². The van der Waals surface area contributed by atoms with Crippen molar-refractivity contribution in [2.75, 3.05) is 13.7 Å². The molecule has 1 atom stereocenters. The number of halogens is 1. The van der Waals surface area contributed by atoms with Crippen molar-refractivity contribution >= 4 is 0 Å². The van der Waals surface area contributed by atoms with Crippen molar-refractivity contribution in [3.63, 3.8) is 0 Å². The maximum absolute atomic E-state index is 13.5. The van der Waals surface area contributed by atoms with Crippen LogP contribution in [0.5, 0.6) is 5.75 Å². The van der Waals surface area contributed by atoms with E-state index >= 15 is 0 Å². The predicted octanol–water partition coefficient (Wildman–Crippen LogP) is 3.55. The van der Waals surface area contributed by atoms with Gasteiger partial charge in [0.15, 0.2) is 11.6 Å². The number of ether oxygens (including phenoxy) is 1. The molecule has 0 aliphatic rings. The summed E-state index contributed by atoms with van der Waals surface area (Å²) in [6, 6.07) is 5.80. The smallest absolute Gasteiger partial charge is 0.165 e. The maximum Gasteiger partial charge on any atom is 0.165 e. The first-order valence-electron chi connectivity index (χ1n) is 6.77. The summed E-state index contributed by atoms with van der Waals surface area (Å²) in [6.07, 6.45) is 4.28. The molecule has 18 heavy (non-hydrogen) atoms. The number of hydrogen-bond donors (Lipinski definition) is 1. The fourth-order valence-corrected chi connectivity index (χ4v) is 2.16. The fourth-order valence-electron chi connectivity index (χ4n) is 2.16. The van der Waals surface area contributed by atoms with Crippen LogP contribution in [-0.4, -0.2) is 19.7 Å². The maximum atomic E-state index is 13.5. The summed E-state index contributed by atoms with van der Waals surface area (Å²) < 4.78 is 18.4. The SMILES string of the molecule is CCNC(CC)CCCc1ccc(OC)c(F)c1. The van der Waals surface area contributed by atoms with Crippen molar-refractivity contribution in [1.29, 1.82) is 0 Å². The van der Waals surface area contributed by atoms with Crippen molar-refractivity contribution in [2.45, 2.75) is 45.6 Å². The molecular formula is C15H24FNO. The summed E-state index contributed by atoms with van der Waals surface area (Å²) in [5.41, 5.74) is 1.04. The van der Waals surface area contributed by atoms with Gasteiger partial charge in [0.1, 0.15) is 0 Å². The van der Waals surface area contributed by atoms with Gasteiger partial charge in [0.2, 0.25) is 0 Å². The first kappa shape index (κ1) is 15.0. The molecule has 0 saturated heterocycles. The van der Waals surface area contributed by atoms with Gasteiger partial charge in [-0.05, 0) is 49.9 Å². The summed E-state index contributed by atoms with van der Waals surface area (Å²) in [4.78, 5) is 0. The predicted molar refractivity (Wildman–Crippen MR) is 73.6 cm³/mol. The number of benzene rings is 1. The van der Waals surface area contributed by atoms with Gasteiger partial charge < -0.3 is 10.1 Å². The lowest BCUT2D eigenvalue weighted by Crippen LogP contribution is -2.28. The molecule has 1 aromatic rings. The second-order valence-electron chi connectivity index (χ2n) is 4.52. The zero-order valence-electron chi connectivity index (χ0n) is 11.6. The Bertz CT molecular complexity index is 354. The van der Waals surface area contributed by atoms with Crippen molar-refractivity contribution in [3.05, 3.63) is 29.6 Å². The van der Waals surface area contributed by atoms with Crippen LogP contribution in [0.2, 0.25) is 0 Å². The van der Waals surface area contributed by atoms with Crippen molar-refractivity contribution in [3.8, 4) is 5.75 Å². The average Bonchev–Trinajstić information content (AvgIpc) is 2.38. The number of nitrogens with one attached hydrogen (secondary N) is 1. The molecule has 0 fully saturated rings. The molecule has 1 rings (SSSR count). The third kappa shape index (κ3) is 4.65. The molecule has 0 bridgehead atoms. The van der Waals surface area contributed by atoms with Crippen LogP contribution < -0.4 is 10.1 Å². The third-order valence-electron chi connectivity index (χ3n) is 3.22. The monoisotopic (exact) mass is 253 g/mol. The number of hydrogen-bond acceptors (Lipinski definition) is 2. The van der Waals surface area contributed by atoms with Crippen LogP contribution in [0.1, 0.15) is 38.7 Å². The van der Waals surface area contributed by atoms with Crippen LogP contribution in [0, 0.1) is 5.82 Å². The van der Waals surface area contributed by atoms with E-state index in [4.69, 9.17) is 4.74 Å². The first-order valence-corrected chi connectivity index (χ1v) is 6.77. The van der Waals surface area contributed by atoms with Crippen LogP contribution in [0.3, 0.4) is 0 Å². The van der Waals surface area contributed by atoms with Gasteiger partial charge in [-0.2, -0.15) is 0 Å². The minimum Gasteiger partial charge on any atom is -0.494 e. The lowest BCUT2D eigenvalue weighted by atomic mass is 10.0. The minimum atomic E-state index is -0.270. The molecule has 0 radical (unpaired) electrons. The summed E-state index contributed by atoms with van der Waals surface area (Å²) >= 11 is 0. The first-order chi connectivity index (χ1) is 8.71. The Morgan fingerprint density at radius 1 is 1.33 bits per heavy atom. The van der Waals surface area contributed by atoms with Gasteiger partial charge in [0, 0.05) is 6.04 Å². The molecule has 0 amide bonds. The van der Waals surface area contributed by atoms with Gasteiger partial charge >= 0.3 is 0 Å². The summed E-state index contributed by atoms with van der Waals surface area (Å²) in [7, 11) is 1.49. The van der Waals surface area contributed by atoms with Crippen LogP contribution in [0.4, 0.5) is 4.39 Å². The minimum absolute atomic E-state index is 0.270. The molecule has 2 nitrogen and oxygen atoms in total. The Morgan fingerprint density at radius 3 is 2.67 bits per heavy atom. The standard InChI is InChI=1S/C15H24FNO/c1-4-13(17-5-2)8-6-7-12-9-10-15(18-3)14(16)11-12/h9-11,13,17H,4-8H2,1-3H3. The van der Waals surface area contributed by atoms with E-state index in [9.17, 15) is 4.39 Å². The molecule has 0 saturated carbocycles. The van der Waals surface area contributed by atoms with Crippen LogP contribution in [-0.2, 0) is 6.42 Å². The molecular weight excluding hydrogens is 229 g/mol. The van der Waals surface area contributed by atoms with E-state index in [0.29, 0.717) is 11.8 Å². The Kier molecular flexibility index (Phi) is 6.73. The summed E-state index contributed by atoms with van der Waals surface area (Å²) in [5.74, 6) is 0.0477. The van der Waals surface area contributed by atoms with Gasteiger partial charge in [-0.1, -0.05) is 19.9 Å². The Hall–Kier alpha value is -1.09. The van der Waals surface area contributed by atoms with E-state index in [1.54, 1.807) is 12.1 Å². The second-order valence-corrected chi connectivity index (χ2v) is 4.52. The van der Waals surface area contributed by atoms with E-state index in [1.165, 1.54) is 7.11 Å². The largest absolute Gasteiger partial charge is 0.494 e. The number of rotatable bonds is 8. The van der Waals surface area contributed by atoms with Gasteiger partial charge in [-0.25, -0.2) is 4.39 Å². The lowest BCUT2D eigenvalue weighted by Gasteiger charge is -2.15. The molecule has 1 aromatic carbocycles. The van der Waals surface area contributed by atoms with Crippen molar-refractivity contribution in [1.82, 2.24) is 5.32 Å². The highest BCUT2D eigenvalue weighted by Gasteiger charge is 2.06.